The highest BCUT2D eigenvalue weighted by Gasteiger charge is 2.21. The fourth-order valence-corrected chi connectivity index (χ4v) is 3.47. The highest BCUT2D eigenvalue weighted by Crippen LogP contribution is 2.36. The molecule has 2 rings (SSSR count). The van der Waals surface area contributed by atoms with Gasteiger partial charge in [-0.05, 0) is 56.5 Å². The first-order valence-electron chi connectivity index (χ1n) is 6.67. The van der Waals surface area contributed by atoms with Gasteiger partial charge in [0.15, 0.2) is 5.11 Å². The van der Waals surface area contributed by atoms with Crippen LogP contribution in [0.3, 0.4) is 0 Å². The molecule has 0 aromatic heterocycles. The number of halogens is 1. The molecule has 1 aliphatic rings. The maximum atomic E-state index is 13.4. The van der Waals surface area contributed by atoms with Crippen LogP contribution < -0.4 is 10.6 Å². The van der Waals surface area contributed by atoms with E-state index in [-0.39, 0.29) is 11.9 Å². The van der Waals surface area contributed by atoms with Crippen LogP contribution in [-0.4, -0.2) is 43.0 Å². The van der Waals surface area contributed by atoms with Crippen molar-refractivity contribution in [1.29, 1.82) is 0 Å². The minimum Gasteiger partial charge on any atom is -0.361 e. The van der Waals surface area contributed by atoms with E-state index in [0.717, 1.165) is 35.7 Å². The average molecular weight is 313 g/mol. The van der Waals surface area contributed by atoms with Gasteiger partial charge in [0.2, 0.25) is 0 Å². The Balaban J connectivity index is 1.94. The zero-order chi connectivity index (χ0) is 14.5. The molecule has 0 fully saturated rings. The molecule has 0 amide bonds. The smallest absolute Gasteiger partial charge is 0.166 e. The number of hydrogen-bond donors (Lipinski definition) is 2. The van der Waals surface area contributed by atoms with Gasteiger partial charge in [0.25, 0.3) is 0 Å². The Morgan fingerprint density at radius 3 is 3.05 bits per heavy atom. The number of rotatable bonds is 4. The van der Waals surface area contributed by atoms with Crippen molar-refractivity contribution in [3.63, 3.8) is 0 Å². The number of fused-ring (bicyclic) bond motifs is 1. The lowest BCUT2D eigenvalue weighted by Gasteiger charge is -2.27. The van der Waals surface area contributed by atoms with Crippen LogP contribution in [0.25, 0.3) is 0 Å². The molecule has 3 nitrogen and oxygen atoms in total. The summed E-state index contributed by atoms with van der Waals surface area (Å²) >= 11 is 7.08. The summed E-state index contributed by atoms with van der Waals surface area (Å²) < 4.78 is 13.4. The molecule has 1 aromatic carbocycles. The molecular weight excluding hydrogens is 293 g/mol. The molecule has 20 heavy (non-hydrogen) atoms. The van der Waals surface area contributed by atoms with Gasteiger partial charge in [0, 0.05) is 23.7 Å². The third-order valence-corrected chi connectivity index (χ3v) is 4.55. The molecule has 0 spiro atoms. The summed E-state index contributed by atoms with van der Waals surface area (Å²) in [6.07, 6.45) is 0.955. The fourth-order valence-electron chi connectivity index (χ4n) is 2.12. The summed E-state index contributed by atoms with van der Waals surface area (Å²) in [5.41, 5.74) is 1.01. The van der Waals surface area contributed by atoms with Crippen LogP contribution in [0.2, 0.25) is 0 Å². The SMILES string of the molecule is CN(C)CCNC(=S)N[C@@H]1CCSc2ccc(F)cc21. The van der Waals surface area contributed by atoms with E-state index in [9.17, 15) is 4.39 Å². The Bertz CT molecular complexity index is 479. The number of thiocarbonyl (C=S) groups is 1. The fraction of sp³-hybridized carbons (Fsp3) is 0.500. The van der Waals surface area contributed by atoms with Gasteiger partial charge in [0.05, 0.1) is 6.04 Å². The van der Waals surface area contributed by atoms with Crippen molar-refractivity contribution in [1.82, 2.24) is 15.5 Å². The molecule has 1 atom stereocenters. The molecule has 2 N–H and O–H groups in total. The van der Waals surface area contributed by atoms with Gasteiger partial charge < -0.3 is 15.5 Å². The van der Waals surface area contributed by atoms with E-state index < -0.39 is 0 Å². The third kappa shape index (κ3) is 4.33. The third-order valence-electron chi connectivity index (χ3n) is 3.16. The maximum Gasteiger partial charge on any atom is 0.166 e. The largest absolute Gasteiger partial charge is 0.361 e. The zero-order valence-electron chi connectivity index (χ0n) is 11.8. The van der Waals surface area contributed by atoms with Crippen molar-refractivity contribution >= 4 is 29.1 Å². The molecule has 1 aromatic rings. The summed E-state index contributed by atoms with van der Waals surface area (Å²) in [6, 6.07) is 5.08. The Hall–Kier alpha value is -0.850. The molecular formula is C14H20FN3S2. The lowest BCUT2D eigenvalue weighted by molar-refractivity contribution is 0.411. The predicted molar refractivity (Wildman–Crippen MR) is 86.8 cm³/mol. The zero-order valence-corrected chi connectivity index (χ0v) is 13.4. The lowest BCUT2D eigenvalue weighted by atomic mass is 10.0. The number of likely N-dealkylation sites (N-methyl/N-ethyl adjacent to an activating group) is 1. The number of thioether (sulfide) groups is 1. The van der Waals surface area contributed by atoms with Crippen LogP contribution in [0.1, 0.15) is 18.0 Å². The van der Waals surface area contributed by atoms with Crippen LogP contribution in [-0.2, 0) is 0 Å². The first-order valence-corrected chi connectivity index (χ1v) is 8.07. The van der Waals surface area contributed by atoms with E-state index in [1.807, 2.05) is 20.2 Å². The summed E-state index contributed by atoms with van der Waals surface area (Å²) in [6.45, 7) is 1.73. The lowest BCUT2D eigenvalue weighted by Crippen LogP contribution is -2.41. The number of nitrogens with zero attached hydrogens (tertiary/aromatic N) is 1. The van der Waals surface area contributed by atoms with Crippen LogP contribution >= 0.6 is 24.0 Å². The van der Waals surface area contributed by atoms with Crippen molar-refractivity contribution in [2.75, 3.05) is 32.9 Å². The summed E-state index contributed by atoms with van der Waals surface area (Å²) in [5.74, 6) is 0.834. The van der Waals surface area contributed by atoms with Gasteiger partial charge in [-0.1, -0.05) is 0 Å². The second-order valence-electron chi connectivity index (χ2n) is 5.08. The predicted octanol–water partition coefficient (Wildman–Crippen LogP) is 2.39. The number of nitrogens with one attached hydrogen (secondary N) is 2. The van der Waals surface area contributed by atoms with Gasteiger partial charge in [-0.3, -0.25) is 0 Å². The van der Waals surface area contributed by atoms with E-state index in [1.54, 1.807) is 17.8 Å². The standard InChI is InChI=1S/C14H20FN3S2/c1-18(2)7-6-16-14(19)17-12-5-8-20-13-4-3-10(15)9-11(12)13/h3-4,9,12H,5-8H2,1-2H3,(H2,16,17,19)/t12-/m1/s1. The van der Waals surface area contributed by atoms with Crippen LogP contribution in [0.4, 0.5) is 4.39 Å². The monoisotopic (exact) mass is 313 g/mol. The average Bonchev–Trinajstić information content (AvgIpc) is 2.39. The second-order valence-corrected chi connectivity index (χ2v) is 6.62. The Labute approximate surface area is 129 Å². The minimum absolute atomic E-state index is 0.0984. The van der Waals surface area contributed by atoms with E-state index in [4.69, 9.17) is 12.2 Å². The van der Waals surface area contributed by atoms with Gasteiger partial charge >= 0.3 is 0 Å². The van der Waals surface area contributed by atoms with Crippen LogP contribution in [0.15, 0.2) is 23.1 Å². The maximum absolute atomic E-state index is 13.4. The van der Waals surface area contributed by atoms with E-state index in [1.165, 1.54) is 6.07 Å². The molecule has 0 saturated heterocycles. The molecule has 6 heteroatoms. The van der Waals surface area contributed by atoms with Gasteiger partial charge in [0.1, 0.15) is 5.82 Å². The first kappa shape index (κ1) is 15.5. The molecule has 0 bridgehead atoms. The van der Waals surface area contributed by atoms with Crippen molar-refractivity contribution in [3.8, 4) is 0 Å². The van der Waals surface area contributed by atoms with Crippen molar-refractivity contribution < 1.29 is 4.39 Å². The Morgan fingerprint density at radius 1 is 1.50 bits per heavy atom. The van der Waals surface area contributed by atoms with Gasteiger partial charge in [-0.15, -0.1) is 11.8 Å². The highest BCUT2D eigenvalue weighted by atomic mass is 32.2. The van der Waals surface area contributed by atoms with Crippen molar-refractivity contribution in [3.05, 3.63) is 29.6 Å². The van der Waals surface area contributed by atoms with Gasteiger partial charge in [-0.25, -0.2) is 4.39 Å². The van der Waals surface area contributed by atoms with Gasteiger partial charge in [-0.2, -0.15) is 0 Å². The molecule has 0 unspecified atom stereocenters. The van der Waals surface area contributed by atoms with Crippen LogP contribution in [0, 0.1) is 5.82 Å². The van der Waals surface area contributed by atoms with Crippen molar-refractivity contribution in [2.45, 2.75) is 17.4 Å². The Kier molecular flexibility index (Phi) is 5.63. The molecule has 0 aliphatic carbocycles. The number of benzene rings is 1. The highest BCUT2D eigenvalue weighted by molar-refractivity contribution is 7.99. The summed E-state index contributed by atoms with van der Waals surface area (Å²) in [4.78, 5) is 3.24. The van der Waals surface area contributed by atoms with Crippen LogP contribution in [0.5, 0.6) is 0 Å². The molecule has 0 saturated carbocycles. The summed E-state index contributed by atoms with van der Waals surface area (Å²) in [7, 11) is 4.05. The van der Waals surface area contributed by atoms with E-state index in [0.29, 0.717) is 5.11 Å². The van der Waals surface area contributed by atoms with Crippen molar-refractivity contribution in [2.24, 2.45) is 0 Å². The number of hydrogen-bond acceptors (Lipinski definition) is 3. The molecule has 1 aliphatic heterocycles. The quantitative estimate of drug-likeness (QED) is 0.833. The molecule has 0 radical (unpaired) electrons. The Morgan fingerprint density at radius 2 is 2.30 bits per heavy atom. The topological polar surface area (TPSA) is 27.3 Å². The normalized spacial score (nSPS) is 17.7. The summed E-state index contributed by atoms with van der Waals surface area (Å²) in [5, 5.41) is 7.12. The van der Waals surface area contributed by atoms with E-state index >= 15 is 0 Å². The minimum atomic E-state index is -0.190. The molecule has 1 heterocycles. The molecule has 110 valence electrons. The van der Waals surface area contributed by atoms with E-state index in [2.05, 4.69) is 15.5 Å². The second kappa shape index (κ2) is 7.24. The first-order chi connectivity index (χ1) is 9.56.